The molecule has 3 aromatic rings. The van der Waals surface area contributed by atoms with Gasteiger partial charge in [-0.15, -0.1) is 11.3 Å². The van der Waals surface area contributed by atoms with E-state index in [2.05, 4.69) is 25.2 Å². The fraction of sp³-hybridized carbons (Fsp3) is 0.455. The molecule has 4 rings (SSSR count). The number of rotatable bonds is 6. The average molecular weight is 574 g/mol. The summed E-state index contributed by atoms with van der Waals surface area (Å²) in [6, 6.07) is 0.250. The molecule has 0 spiro atoms. The standard InChI is InChI=1S/C22H23F4N7O3S2/c1-21(2,34)19-16(27-3)7-17(37-19)18-13(22(24,25)26)9-28-20(31-18)30-15-5-6-33(11-14(15)23)38(35,36)12-8-29-32(4)10-12/h7-10,14-15,34H,5-6,11H2,1-2,4H3,(H,28,30,31)/t14-,15-/m1/s1. The third-order valence-electron chi connectivity index (χ3n) is 5.85. The summed E-state index contributed by atoms with van der Waals surface area (Å²) in [6.45, 7) is 9.64. The molecule has 0 radical (unpaired) electrons. The van der Waals surface area contributed by atoms with E-state index in [9.17, 15) is 26.7 Å². The molecule has 1 fully saturated rings. The number of alkyl halides is 4. The summed E-state index contributed by atoms with van der Waals surface area (Å²) in [5.41, 5.74) is -3.16. The van der Waals surface area contributed by atoms with Crippen LogP contribution < -0.4 is 5.32 Å². The van der Waals surface area contributed by atoms with Crippen molar-refractivity contribution in [2.24, 2.45) is 7.05 Å². The zero-order valence-electron chi connectivity index (χ0n) is 20.4. The summed E-state index contributed by atoms with van der Waals surface area (Å²) >= 11 is 0.796. The molecule has 4 heterocycles. The van der Waals surface area contributed by atoms with Crippen LogP contribution >= 0.6 is 11.3 Å². The number of piperidine rings is 1. The second-order valence-corrected chi connectivity index (χ2v) is 12.2. The minimum Gasteiger partial charge on any atom is -0.386 e. The third kappa shape index (κ3) is 5.51. The maximum absolute atomic E-state index is 15.1. The molecule has 0 bridgehead atoms. The van der Waals surface area contributed by atoms with Crippen LogP contribution in [0.1, 0.15) is 30.7 Å². The topological polar surface area (TPSA) is 118 Å². The molecule has 0 unspecified atom stereocenters. The lowest BCUT2D eigenvalue weighted by Crippen LogP contribution is -2.50. The average Bonchev–Trinajstić information content (AvgIpc) is 3.46. The van der Waals surface area contributed by atoms with Gasteiger partial charge < -0.3 is 10.4 Å². The van der Waals surface area contributed by atoms with Crippen molar-refractivity contribution in [3.63, 3.8) is 0 Å². The van der Waals surface area contributed by atoms with Crippen LogP contribution in [-0.4, -0.2) is 62.9 Å². The van der Waals surface area contributed by atoms with Crippen molar-refractivity contribution in [1.29, 1.82) is 0 Å². The van der Waals surface area contributed by atoms with E-state index in [0.717, 1.165) is 21.8 Å². The fourth-order valence-corrected chi connectivity index (χ4v) is 6.52. The lowest BCUT2D eigenvalue weighted by atomic mass is 10.1. The predicted molar refractivity (Wildman–Crippen MR) is 131 cm³/mol. The van der Waals surface area contributed by atoms with E-state index < -0.39 is 51.8 Å². The first-order chi connectivity index (χ1) is 17.6. The Balaban J connectivity index is 1.60. The van der Waals surface area contributed by atoms with Gasteiger partial charge in [-0.1, -0.05) is 0 Å². The van der Waals surface area contributed by atoms with Gasteiger partial charge in [0.25, 0.3) is 0 Å². The van der Waals surface area contributed by atoms with Crippen LogP contribution in [0.4, 0.5) is 29.2 Å². The minimum atomic E-state index is -4.82. The highest BCUT2D eigenvalue weighted by atomic mass is 32.2. The summed E-state index contributed by atoms with van der Waals surface area (Å²) in [5.74, 6) is -0.285. The third-order valence-corrected chi connectivity index (χ3v) is 9.12. The number of aromatic nitrogens is 4. The van der Waals surface area contributed by atoms with Crippen molar-refractivity contribution in [1.82, 2.24) is 24.1 Å². The van der Waals surface area contributed by atoms with Gasteiger partial charge in [-0.2, -0.15) is 22.6 Å². The van der Waals surface area contributed by atoms with Crippen LogP contribution in [0.2, 0.25) is 0 Å². The van der Waals surface area contributed by atoms with Crippen molar-refractivity contribution in [3.05, 3.63) is 46.5 Å². The van der Waals surface area contributed by atoms with E-state index in [4.69, 9.17) is 6.57 Å². The Morgan fingerprint density at radius 3 is 2.53 bits per heavy atom. The zero-order chi connectivity index (χ0) is 28.0. The number of halogens is 4. The van der Waals surface area contributed by atoms with Gasteiger partial charge in [-0.25, -0.2) is 27.6 Å². The Labute approximate surface area is 219 Å². The molecule has 0 amide bonds. The van der Waals surface area contributed by atoms with Crippen LogP contribution in [0.5, 0.6) is 0 Å². The van der Waals surface area contributed by atoms with Gasteiger partial charge in [0.1, 0.15) is 16.6 Å². The number of hydrogen-bond donors (Lipinski definition) is 2. The maximum Gasteiger partial charge on any atom is 0.420 e. The molecule has 2 N–H and O–H groups in total. The molecule has 1 aliphatic rings. The smallest absolute Gasteiger partial charge is 0.386 e. The maximum atomic E-state index is 15.1. The molecule has 0 aliphatic carbocycles. The Morgan fingerprint density at radius 1 is 1.29 bits per heavy atom. The van der Waals surface area contributed by atoms with Gasteiger partial charge in [-0.3, -0.25) is 4.68 Å². The monoisotopic (exact) mass is 573 g/mol. The van der Waals surface area contributed by atoms with Crippen LogP contribution in [-0.2, 0) is 28.8 Å². The SMILES string of the molecule is [C-]#[N+]c1cc(-c2nc(N[C@@H]3CCN(S(=O)(=O)c4cnn(C)c4)C[C@H]3F)ncc2C(F)(F)F)sc1C(C)(C)O. The zero-order valence-corrected chi connectivity index (χ0v) is 22.0. The number of sulfonamides is 1. The van der Waals surface area contributed by atoms with Gasteiger partial charge in [0.15, 0.2) is 0 Å². The highest BCUT2D eigenvalue weighted by Crippen LogP contribution is 2.45. The van der Waals surface area contributed by atoms with Gasteiger partial charge in [0, 0.05) is 42.3 Å². The van der Waals surface area contributed by atoms with Gasteiger partial charge in [0.05, 0.1) is 30.1 Å². The molecular weight excluding hydrogens is 550 g/mol. The molecule has 16 heteroatoms. The number of aryl methyl sites for hydroxylation is 1. The van der Waals surface area contributed by atoms with Crippen molar-refractivity contribution in [2.75, 3.05) is 18.4 Å². The van der Waals surface area contributed by atoms with E-state index in [1.54, 1.807) is 7.05 Å². The molecule has 3 aromatic heterocycles. The number of anilines is 1. The summed E-state index contributed by atoms with van der Waals surface area (Å²) in [4.78, 5) is 11.1. The van der Waals surface area contributed by atoms with E-state index in [-0.39, 0.29) is 39.3 Å². The van der Waals surface area contributed by atoms with Crippen molar-refractivity contribution < 1.29 is 31.1 Å². The van der Waals surface area contributed by atoms with Gasteiger partial charge in [0.2, 0.25) is 21.7 Å². The predicted octanol–water partition coefficient (Wildman–Crippen LogP) is 3.95. The van der Waals surface area contributed by atoms with E-state index in [1.165, 1.54) is 30.8 Å². The van der Waals surface area contributed by atoms with E-state index in [0.29, 0.717) is 6.20 Å². The first-order valence-electron chi connectivity index (χ1n) is 11.2. The van der Waals surface area contributed by atoms with Crippen LogP contribution in [0.3, 0.4) is 0 Å². The normalized spacial score (nSPS) is 19.3. The number of thiophene rings is 1. The lowest BCUT2D eigenvalue weighted by molar-refractivity contribution is -0.137. The highest BCUT2D eigenvalue weighted by Gasteiger charge is 2.39. The molecular formula is C22H23F4N7O3S2. The number of nitrogens with one attached hydrogen (secondary N) is 1. The number of hydrogen-bond acceptors (Lipinski definition) is 8. The van der Waals surface area contributed by atoms with Crippen molar-refractivity contribution in [3.8, 4) is 10.6 Å². The largest absolute Gasteiger partial charge is 0.420 e. The molecule has 38 heavy (non-hydrogen) atoms. The second kappa shape index (κ2) is 9.88. The number of nitrogens with zero attached hydrogens (tertiary/aromatic N) is 6. The first-order valence-corrected chi connectivity index (χ1v) is 13.4. The van der Waals surface area contributed by atoms with E-state index >= 15 is 4.39 Å². The Kier molecular flexibility index (Phi) is 7.25. The molecule has 10 nitrogen and oxygen atoms in total. The molecule has 0 saturated carbocycles. The summed E-state index contributed by atoms with van der Waals surface area (Å²) in [6.07, 6.45) is -3.48. The Morgan fingerprint density at radius 2 is 2.00 bits per heavy atom. The quantitative estimate of drug-likeness (QED) is 0.339. The highest BCUT2D eigenvalue weighted by molar-refractivity contribution is 7.89. The number of aliphatic hydroxyl groups is 1. The lowest BCUT2D eigenvalue weighted by Gasteiger charge is -2.34. The Bertz CT molecular complexity index is 1490. The molecule has 1 aliphatic heterocycles. The summed E-state index contributed by atoms with van der Waals surface area (Å²) in [7, 11) is -2.42. The fourth-order valence-electron chi connectivity index (χ4n) is 3.97. The van der Waals surface area contributed by atoms with Crippen LogP contribution in [0.25, 0.3) is 15.4 Å². The minimum absolute atomic E-state index is 0.00406. The summed E-state index contributed by atoms with van der Waals surface area (Å²) in [5, 5.41) is 16.9. The van der Waals surface area contributed by atoms with Crippen LogP contribution in [0.15, 0.2) is 29.6 Å². The van der Waals surface area contributed by atoms with Crippen molar-refractivity contribution >= 4 is 33.0 Å². The van der Waals surface area contributed by atoms with Gasteiger partial charge in [-0.05, 0) is 26.3 Å². The Hall–Kier alpha value is -3.13. The molecule has 0 aromatic carbocycles. The van der Waals surface area contributed by atoms with E-state index in [1.807, 2.05) is 0 Å². The molecule has 2 atom stereocenters. The second-order valence-electron chi connectivity index (χ2n) is 9.22. The first kappa shape index (κ1) is 27.9. The van der Waals surface area contributed by atoms with Crippen LogP contribution in [0, 0.1) is 6.57 Å². The molecule has 204 valence electrons. The summed E-state index contributed by atoms with van der Waals surface area (Å²) < 4.78 is 84.3. The van der Waals surface area contributed by atoms with Gasteiger partial charge >= 0.3 is 6.18 Å². The van der Waals surface area contributed by atoms with Crippen molar-refractivity contribution in [2.45, 2.75) is 49.2 Å². The molecule has 1 saturated heterocycles.